The third-order valence-electron chi connectivity index (χ3n) is 3.60. The number of hydrogen-bond acceptors (Lipinski definition) is 4. The van der Waals surface area contributed by atoms with Crippen molar-refractivity contribution in [1.29, 1.82) is 0 Å². The molecule has 0 aliphatic rings. The molecule has 2 aromatic carbocycles. The van der Waals surface area contributed by atoms with Gasteiger partial charge in [0.1, 0.15) is 0 Å². The van der Waals surface area contributed by atoms with Crippen LogP contribution in [-0.4, -0.2) is 26.8 Å². The van der Waals surface area contributed by atoms with E-state index in [1.54, 1.807) is 31.2 Å². The van der Waals surface area contributed by atoms with Crippen LogP contribution in [0.5, 0.6) is 0 Å². The van der Waals surface area contributed by atoms with Crippen LogP contribution in [0.1, 0.15) is 19.8 Å². The summed E-state index contributed by atoms with van der Waals surface area (Å²) in [5, 5.41) is 5.24. The monoisotopic (exact) mass is 411 g/mol. The Balaban J connectivity index is 1.89. The lowest BCUT2D eigenvalue weighted by atomic mass is 10.2. The normalized spacial score (nSPS) is 11.1. The summed E-state index contributed by atoms with van der Waals surface area (Å²) >= 11 is 0. The lowest BCUT2D eigenvalue weighted by molar-refractivity contribution is -0.116. The summed E-state index contributed by atoms with van der Waals surface area (Å²) in [6.07, 6.45) is 0.128. The molecular weight excluding hydrogens is 392 g/mol. The lowest BCUT2D eigenvalue weighted by Gasteiger charge is -2.09. The van der Waals surface area contributed by atoms with Crippen molar-refractivity contribution in [3.8, 4) is 0 Å². The highest BCUT2D eigenvalue weighted by Gasteiger charge is 2.16. The van der Waals surface area contributed by atoms with E-state index < -0.39 is 32.5 Å². The number of nitrogens with one attached hydrogen (secondary N) is 3. The maximum atomic E-state index is 13.2. The first-order valence-electron chi connectivity index (χ1n) is 8.35. The fourth-order valence-electron chi connectivity index (χ4n) is 2.17. The van der Waals surface area contributed by atoms with Crippen LogP contribution in [-0.2, 0) is 19.6 Å². The summed E-state index contributed by atoms with van der Waals surface area (Å²) < 4.78 is 52.3. The lowest BCUT2D eigenvalue weighted by Crippen LogP contribution is -2.28. The van der Waals surface area contributed by atoms with E-state index in [1.165, 1.54) is 0 Å². The van der Waals surface area contributed by atoms with Gasteiger partial charge in [-0.25, -0.2) is 21.9 Å². The number of anilines is 2. The van der Waals surface area contributed by atoms with E-state index >= 15 is 0 Å². The SMILES string of the molecule is CCC(=O)Nc1cccc(NC(=O)CCNS(=O)(=O)c2ccc(F)c(F)c2)c1. The van der Waals surface area contributed by atoms with Gasteiger partial charge < -0.3 is 10.6 Å². The number of rotatable bonds is 8. The van der Waals surface area contributed by atoms with Gasteiger partial charge in [0, 0.05) is 30.8 Å². The van der Waals surface area contributed by atoms with Crippen LogP contribution in [0.2, 0.25) is 0 Å². The molecule has 0 unspecified atom stereocenters. The summed E-state index contributed by atoms with van der Waals surface area (Å²) in [6, 6.07) is 8.69. The number of sulfonamides is 1. The van der Waals surface area contributed by atoms with E-state index in [-0.39, 0.29) is 18.9 Å². The Bertz CT molecular complexity index is 981. The average molecular weight is 411 g/mol. The van der Waals surface area contributed by atoms with Gasteiger partial charge in [0.05, 0.1) is 4.90 Å². The van der Waals surface area contributed by atoms with E-state index in [1.807, 2.05) is 0 Å². The smallest absolute Gasteiger partial charge is 0.240 e. The van der Waals surface area contributed by atoms with Gasteiger partial charge in [-0.1, -0.05) is 13.0 Å². The standard InChI is InChI=1S/C18H19F2N3O4S/c1-2-17(24)22-12-4-3-5-13(10-12)23-18(25)8-9-21-28(26,27)14-6-7-15(19)16(20)11-14/h3-7,10-11,21H,2,8-9H2,1H3,(H,22,24)(H,23,25). The average Bonchev–Trinajstić information content (AvgIpc) is 2.63. The van der Waals surface area contributed by atoms with Gasteiger partial charge >= 0.3 is 0 Å². The molecular formula is C18H19F2N3O4S. The van der Waals surface area contributed by atoms with Gasteiger partial charge in [-0.05, 0) is 36.4 Å². The quantitative estimate of drug-likeness (QED) is 0.621. The highest BCUT2D eigenvalue weighted by atomic mass is 32.2. The molecule has 0 atom stereocenters. The van der Waals surface area contributed by atoms with Gasteiger partial charge in [0.25, 0.3) is 0 Å². The van der Waals surface area contributed by atoms with Crippen LogP contribution in [0, 0.1) is 11.6 Å². The van der Waals surface area contributed by atoms with Gasteiger partial charge in [0.15, 0.2) is 11.6 Å². The van der Waals surface area contributed by atoms with Crippen molar-refractivity contribution in [2.45, 2.75) is 24.7 Å². The van der Waals surface area contributed by atoms with Crippen LogP contribution in [0.25, 0.3) is 0 Å². The molecule has 0 aliphatic carbocycles. The molecule has 0 saturated carbocycles. The van der Waals surface area contributed by atoms with Gasteiger partial charge in [-0.3, -0.25) is 9.59 Å². The summed E-state index contributed by atoms with van der Waals surface area (Å²) in [7, 11) is -4.08. The molecule has 0 saturated heterocycles. The molecule has 2 aromatic rings. The van der Waals surface area contributed by atoms with E-state index in [0.29, 0.717) is 29.9 Å². The van der Waals surface area contributed by atoms with Crippen molar-refractivity contribution in [2.75, 3.05) is 17.2 Å². The maximum absolute atomic E-state index is 13.2. The third kappa shape index (κ3) is 6.10. The van der Waals surface area contributed by atoms with Crippen LogP contribution >= 0.6 is 0 Å². The fraction of sp³-hybridized carbons (Fsp3) is 0.222. The maximum Gasteiger partial charge on any atom is 0.240 e. The van der Waals surface area contributed by atoms with Crippen molar-refractivity contribution in [2.24, 2.45) is 0 Å². The Hall–Kier alpha value is -2.85. The van der Waals surface area contributed by atoms with Crippen LogP contribution < -0.4 is 15.4 Å². The molecule has 7 nitrogen and oxygen atoms in total. The molecule has 0 aliphatic heterocycles. The van der Waals surface area contributed by atoms with Gasteiger partial charge in [-0.2, -0.15) is 0 Å². The number of amides is 2. The van der Waals surface area contributed by atoms with E-state index in [0.717, 1.165) is 6.07 Å². The topological polar surface area (TPSA) is 104 Å². The second-order valence-electron chi connectivity index (χ2n) is 5.75. The second-order valence-corrected chi connectivity index (χ2v) is 7.52. The Kier molecular flexibility index (Phi) is 7.18. The first-order valence-corrected chi connectivity index (χ1v) is 9.84. The Morgan fingerprint density at radius 1 is 0.929 bits per heavy atom. The Morgan fingerprint density at radius 3 is 2.18 bits per heavy atom. The molecule has 2 amide bonds. The predicted octanol–water partition coefficient (Wildman–Crippen LogP) is 2.62. The largest absolute Gasteiger partial charge is 0.326 e. The molecule has 10 heteroatoms. The summed E-state index contributed by atoms with van der Waals surface area (Å²) in [5.41, 5.74) is 0.950. The zero-order chi connectivity index (χ0) is 20.7. The zero-order valence-electron chi connectivity index (χ0n) is 15.0. The van der Waals surface area contributed by atoms with Crippen molar-refractivity contribution < 1.29 is 26.8 Å². The Morgan fingerprint density at radius 2 is 1.57 bits per heavy atom. The molecule has 0 bridgehead atoms. The van der Waals surface area contributed by atoms with Crippen molar-refractivity contribution in [3.05, 3.63) is 54.1 Å². The minimum absolute atomic E-state index is 0.171. The summed E-state index contributed by atoms with van der Waals surface area (Å²) in [4.78, 5) is 22.9. The molecule has 0 radical (unpaired) electrons. The van der Waals surface area contributed by atoms with Crippen molar-refractivity contribution in [1.82, 2.24) is 4.72 Å². The number of carbonyl (C=O) groups excluding carboxylic acids is 2. The second kappa shape index (κ2) is 9.38. The first-order chi connectivity index (χ1) is 13.2. The van der Waals surface area contributed by atoms with Crippen molar-refractivity contribution in [3.63, 3.8) is 0 Å². The van der Waals surface area contributed by atoms with Crippen LogP contribution in [0.4, 0.5) is 20.2 Å². The van der Waals surface area contributed by atoms with Gasteiger partial charge in [-0.15, -0.1) is 0 Å². The predicted molar refractivity (Wildman–Crippen MR) is 100 cm³/mol. The summed E-state index contributed by atoms with van der Waals surface area (Å²) in [5.74, 6) is -3.08. The zero-order valence-corrected chi connectivity index (χ0v) is 15.8. The minimum Gasteiger partial charge on any atom is -0.326 e. The van der Waals surface area contributed by atoms with Gasteiger partial charge in [0.2, 0.25) is 21.8 Å². The van der Waals surface area contributed by atoms with Crippen LogP contribution in [0.15, 0.2) is 47.4 Å². The van der Waals surface area contributed by atoms with Crippen LogP contribution in [0.3, 0.4) is 0 Å². The molecule has 0 heterocycles. The van der Waals surface area contributed by atoms with E-state index in [4.69, 9.17) is 0 Å². The summed E-state index contributed by atoms with van der Waals surface area (Å²) in [6.45, 7) is 1.47. The van der Waals surface area contributed by atoms with Crippen molar-refractivity contribution >= 4 is 33.2 Å². The third-order valence-corrected chi connectivity index (χ3v) is 5.06. The molecule has 150 valence electrons. The highest BCUT2D eigenvalue weighted by Crippen LogP contribution is 2.16. The van der Waals surface area contributed by atoms with E-state index in [9.17, 15) is 26.8 Å². The fourth-order valence-corrected chi connectivity index (χ4v) is 3.22. The molecule has 0 fully saturated rings. The molecule has 0 spiro atoms. The number of carbonyl (C=O) groups is 2. The number of hydrogen-bond donors (Lipinski definition) is 3. The minimum atomic E-state index is -4.08. The molecule has 0 aromatic heterocycles. The number of benzene rings is 2. The van der Waals surface area contributed by atoms with E-state index in [2.05, 4.69) is 15.4 Å². The molecule has 3 N–H and O–H groups in total. The Labute approximate surface area is 161 Å². The highest BCUT2D eigenvalue weighted by molar-refractivity contribution is 7.89. The number of halogens is 2. The molecule has 28 heavy (non-hydrogen) atoms. The first kappa shape index (κ1) is 21.5. The molecule has 2 rings (SSSR count).